The van der Waals surface area contributed by atoms with Gasteiger partial charge in [0.25, 0.3) is 0 Å². The number of carbonyl (C=O) groups excluding carboxylic acids is 1. The molecule has 0 unspecified atom stereocenters. The van der Waals surface area contributed by atoms with Crippen LogP contribution < -0.4 is 10.5 Å². The van der Waals surface area contributed by atoms with E-state index in [4.69, 9.17) is 5.14 Å². The van der Waals surface area contributed by atoms with Crippen LogP contribution in [0.1, 0.15) is 35.0 Å². The average molecular weight is 475 g/mol. The Morgan fingerprint density at radius 2 is 2.03 bits per heavy atom. The number of aromatic nitrogens is 4. The number of aliphatic hydroxyl groups excluding tert-OH is 1. The highest BCUT2D eigenvalue weighted by molar-refractivity contribution is 7.84. The van der Waals surface area contributed by atoms with E-state index in [-0.39, 0.29) is 36.0 Å². The van der Waals surface area contributed by atoms with E-state index < -0.39 is 22.3 Å². The van der Waals surface area contributed by atoms with E-state index in [0.29, 0.717) is 13.0 Å². The summed E-state index contributed by atoms with van der Waals surface area (Å²) in [6.07, 6.45) is 3.85. The number of benzene rings is 1. The highest BCUT2D eigenvalue weighted by Gasteiger charge is 2.22. The second-order valence-corrected chi connectivity index (χ2v) is 8.61. The molecule has 0 fully saturated rings. The summed E-state index contributed by atoms with van der Waals surface area (Å²) in [4.78, 5) is 21.1. The second-order valence-electron chi connectivity index (χ2n) is 7.39. The van der Waals surface area contributed by atoms with E-state index in [1.54, 1.807) is 23.9 Å². The van der Waals surface area contributed by atoms with Crippen molar-refractivity contribution in [3.05, 3.63) is 71.9 Å². The van der Waals surface area contributed by atoms with Crippen LogP contribution in [0.3, 0.4) is 0 Å². The summed E-state index contributed by atoms with van der Waals surface area (Å²) in [5.74, 6) is -0.636. The zero-order valence-corrected chi connectivity index (χ0v) is 18.9. The molecule has 2 heterocycles. The van der Waals surface area contributed by atoms with Crippen molar-refractivity contribution in [2.75, 3.05) is 18.5 Å². The summed E-state index contributed by atoms with van der Waals surface area (Å²) in [7, 11) is -4.10. The molecule has 176 valence electrons. The Labute approximate surface area is 191 Å². The molecule has 33 heavy (non-hydrogen) atoms. The number of hydrogen-bond donors (Lipinski definition) is 3. The molecule has 0 saturated carbocycles. The van der Waals surface area contributed by atoms with Gasteiger partial charge in [0, 0.05) is 24.9 Å². The van der Waals surface area contributed by atoms with Crippen molar-refractivity contribution in [2.45, 2.75) is 26.0 Å². The molecule has 0 aliphatic rings. The highest BCUT2D eigenvalue weighted by Crippen LogP contribution is 2.17. The third-order valence-electron chi connectivity index (χ3n) is 5.01. The lowest BCUT2D eigenvalue weighted by atomic mass is 10.0. The van der Waals surface area contributed by atoms with Crippen molar-refractivity contribution >= 4 is 21.9 Å². The topological polar surface area (TPSA) is 162 Å². The number of ketones is 1. The van der Waals surface area contributed by atoms with Gasteiger partial charge in [0.2, 0.25) is 5.78 Å². The predicted octanol–water partition coefficient (Wildman–Crippen LogP) is 0.971. The van der Waals surface area contributed by atoms with E-state index in [1.165, 1.54) is 12.5 Å². The van der Waals surface area contributed by atoms with Crippen LogP contribution in [0.25, 0.3) is 0 Å². The molecule has 2 aromatic heterocycles. The first-order chi connectivity index (χ1) is 15.8. The molecule has 3 rings (SSSR count). The van der Waals surface area contributed by atoms with Crippen LogP contribution in [-0.2, 0) is 21.0 Å². The van der Waals surface area contributed by atoms with Gasteiger partial charge in [-0.3, -0.25) is 13.7 Å². The van der Waals surface area contributed by atoms with Crippen molar-refractivity contribution in [2.24, 2.45) is 11.1 Å². The maximum Gasteiger partial charge on any atom is 0.333 e. The Kier molecular flexibility index (Phi) is 8.22. The number of aliphatic hydroxyl groups is 1. The molecule has 2 atom stereocenters. The van der Waals surface area contributed by atoms with Crippen molar-refractivity contribution in [3.63, 3.8) is 0 Å². The van der Waals surface area contributed by atoms with E-state index in [0.717, 1.165) is 5.56 Å². The van der Waals surface area contributed by atoms with Crippen LogP contribution >= 0.6 is 0 Å². The van der Waals surface area contributed by atoms with Gasteiger partial charge >= 0.3 is 10.3 Å². The largest absolute Gasteiger partial charge is 0.391 e. The fourth-order valence-electron chi connectivity index (χ4n) is 3.17. The maximum absolute atomic E-state index is 13.0. The first-order valence-electron chi connectivity index (χ1n) is 10.3. The molecule has 11 nitrogen and oxygen atoms in total. The fourth-order valence-corrected chi connectivity index (χ4v) is 3.53. The molecule has 0 radical (unpaired) electrons. The lowest BCUT2D eigenvalue weighted by Gasteiger charge is -2.21. The number of rotatable bonds is 12. The Morgan fingerprint density at radius 3 is 2.73 bits per heavy atom. The first kappa shape index (κ1) is 24.5. The molecule has 0 saturated heterocycles. The van der Waals surface area contributed by atoms with Gasteiger partial charge in [-0.2, -0.15) is 13.5 Å². The van der Waals surface area contributed by atoms with Crippen LogP contribution in [0.2, 0.25) is 0 Å². The summed E-state index contributed by atoms with van der Waals surface area (Å²) in [5, 5.41) is 22.6. The number of hydrogen-bond acceptors (Lipinski definition) is 9. The van der Waals surface area contributed by atoms with Crippen molar-refractivity contribution in [1.29, 1.82) is 0 Å². The number of nitrogens with two attached hydrogens (primary N) is 1. The summed E-state index contributed by atoms with van der Waals surface area (Å²) in [5.41, 5.74) is 1.48. The van der Waals surface area contributed by atoms with Crippen LogP contribution in [0.5, 0.6) is 0 Å². The Hall–Kier alpha value is -3.19. The molecule has 3 aromatic rings. The van der Waals surface area contributed by atoms with Crippen LogP contribution in [0, 0.1) is 5.92 Å². The molecular formula is C21H26N6O5S. The van der Waals surface area contributed by atoms with Crippen LogP contribution in [0.15, 0.2) is 55.1 Å². The minimum atomic E-state index is -4.10. The fraction of sp³-hybridized carbons (Fsp3) is 0.333. The third-order valence-corrected chi connectivity index (χ3v) is 5.48. The van der Waals surface area contributed by atoms with Gasteiger partial charge in [-0.15, -0.1) is 0 Å². The number of anilines is 1. The van der Waals surface area contributed by atoms with E-state index in [9.17, 15) is 18.3 Å². The van der Waals surface area contributed by atoms with Gasteiger partial charge in [0.15, 0.2) is 0 Å². The average Bonchev–Trinajstić information content (AvgIpc) is 3.26. The lowest BCUT2D eigenvalue weighted by molar-refractivity contribution is 0.0839. The molecule has 0 amide bonds. The molecule has 0 bridgehead atoms. The van der Waals surface area contributed by atoms with Crippen LogP contribution in [-0.4, -0.2) is 58.3 Å². The molecule has 0 aliphatic carbocycles. The van der Waals surface area contributed by atoms with Crippen molar-refractivity contribution in [3.8, 4) is 0 Å². The van der Waals surface area contributed by atoms with Crippen molar-refractivity contribution in [1.82, 2.24) is 19.7 Å². The van der Waals surface area contributed by atoms with Crippen LogP contribution in [0.4, 0.5) is 5.82 Å². The zero-order valence-electron chi connectivity index (χ0n) is 18.0. The minimum absolute atomic E-state index is 0.00618. The molecule has 4 N–H and O–H groups in total. The molecule has 1 aromatic carbocycles. The predicted molar refractivity (Wildman–Crippen MR) is 121 cm³/mol. The second kappa shape index (κ2) is 11.1. The van der Waals surface area contributed by atoms with Gasteiger partial charge in [0.05, 0.1) is 24.8 Å². The maximum atomic E-state index is 13.0. The van der Waals surface area contributed by atoms with E-state index in [1.807, 2.05) is 30.3 Å². The van der Waals surface area contributed by atoms with E-state index in [2.05, 4.69) is 24.6 Å². The molecule has 12 heteroatoms. The first-order valence-corrected chi connectivity index (χ1v) is 11.7. The zero-order chi connectivity index (χ0) is 23.8. The number of nitrogens with one attached hydrogen (secondary N) is 1. The molecular weight excluding hydrogens is 448 g/mol. The number of carbonyl (C=O) groups is 1. The van der Waals surface area contributed by atoms with Gasteiger partial charge in [-0.1, -0.05) is 37.3 Å². The smallest absolute Gasteiger partial charge is 0.333 e. The minimum Gasteiger partial charge on any atom is -0.391 e. The van der Waals surface area contributed by atoms with Gasteiger partial charge in [-0.05, 0) is 18.1 Å². The highest BCUT2D eigenvalue weighted by atomic mass is 32.2. The summed E-state index contributed by atoms with van der Waals surface area (Å²) in [6.45, 7) is 2.06. The molecule has 0 spiro atoms. The summed E-state index contributed by atoms with van der Waals surface area (Å²) in [6, 6.07) is 11.4. The van der Waals surface area contributed by atoms with Gasteiger partial charge in [-0.25, -0.2) is 15.1 Å². The quantitative estimate of drug-likeness (QED) is 0.325. The number of nitrogens with zero attached hydrogens (tertiary/aromatic N) is 4. The SMILES string of the molecule is CC[C@H](COS(N)(=O)=O)[C@@H](O)CNc1ncncc1C(=O)c1ccn(Cc2ccccc2)n1. The standard InChI is InChI=1S/C21H26N6O5S/c1-2-16(13-32-33(22,30)31)19(28)11-24-21-17(10-23-14-25-21)20(29)18-8-9-27(26-18)12-15-6-4-3-5-7-15/h3-10,14,16,19,28H,2,11-13H2,1H3,(H2,22,30,31)(H,23,24,25)/t16-,19+/m1/s1. The van der Waals surface area contributed by atoms with Crippen molar-refractivity contribution < 1.29 is 22.5 Å². The normalized spacial score (nSPS) is 13.4. The molecule has 0 aliphatic heterocycles. The monoisotopic (exact) mass is 474 g/mol. The van der Waals surface area contributed by atoms with Gasteiger partial charge in [0.1, 0.15) is 17.8 Å². The Bertz CT molecular complexity index is 1170. The summed E-state index contributed by atoms with van der Waals surface area (Å²) < 4.78 is 28.3. The van der Waals surface area contributed by atoms with Gasteiger partial charge < -0.3 is 10.4 Å². The summed E-state index contributed by atoms with van der Waals surface area (Å²) >= 11 is 0. The van der Waals surface area contributed by atoms with E-state index >= 15 is 0 Å². The lowest BCUT2D eigenvalue weighted by Crippen LogP contribution is -2.33. The Morgan fingerprint density at radius 1 is 1.27 bits per heavy atom. The third kappa shape index (κ3) is 7.15. The Balaban J connectivity index is 1.67.